The van der Waals surface area contributed by atoms with Gasteiger partial charge in [0, 0.05) is 11.3 Å². The van der Waals surface area contributed by atoms with Gasteiger partial charge in [-0.2, -0.15) is 0 Å². The van der Waals surface area contributed by atoms with E-state index in [0.717, 1.165) is 5.75 Å². The molecule has 0 heterocycles. The molecule has 2 aromatic carbocycles. The summed E-state index contributed by atoms with van der Waals surface area (Å²) in [5, 5.41) is 2.72. The molecule has 0 aliphatic heterocycles. The Kier molecular flexibility index (Phi) is 5.78. The highest BCUT2D eigenvalue weighted by molar-refractivity contribution is 5.96. The summed E-state index contributed by atoms with van der Waals surface area (Å²) in [5.74, 6) is 0.512. The second-order valence-corrected chi connectivity index (χ2v) is 5.10. The summed E-state index contributed by atoms with van der Waals surface area (Å²) >= 11 is 0. The molecule has 1 atom stereocenters. The molecular weight excluding hydrogens is 308 g/mol. The molecule has 0 aliphatic carbocycles. The normalized spacial score (nSPS) is 11.4. The molecule has 0 aromatic heterocycles. The first-order valence-electron chi connectivity index (χ1n) is 7.60. The SMILES string of the molecule is CCOc1ccc(OC(C)C(=O)Nc2ccc(C(N)=O)cc2)cc1. The second-order valence-electron chi connectivity index (χ2n) is 5.10. The monoisotopic (exact) mass is 328 g/mol. The number of carbonyl (C=O) groups is 2. The highest BCUT2D eigenvalue weighted by atomic mass is 16.5. The summed E-state index contributed by atoms with van der Waals surface area (Å²) in [6.45, 7) is 4.16. The second kappa shape index (κ2) is 8.01. The number of hydrogen-bond donors (Lipinski definition) is 2. The average Bonchev–Trinajstić information content (AvgIpc) is 2.57. The lowest BCUT2D eigenvalue weighted by atomic mass is 10.2. The van der Waals surface area contributed by atoms with E-state index in [-0.39, 0.29) is 5.91 Å². The molecule has 0 bridgehead atoms. The smallest absolute Gasteiger partial charge is 0.265 e. The van der Waals surface area contributed by atoms with E-state index in [2.05, 4.69) is 5.32 Å². The minimum atomic E-state index is -0.682. The maximum absolute atomic E-state index is 12.2. The van der Waals surface area contributed by atoms with E-state index < -0.39 is 12.0 Å². The van der Waals surface area contributed by atoms with Gasteiger partial charge in [0.1, 0.15) is 11.5 Å². The summed E-state index contributed by atoms with van der Waals surface area (Å²) in [4.78, 5) is 23.2. The molecule has 2 aromatic rings. The maximum atomic E-state index is 12.2. The summed E-state index contributed by atoms with van der Waals surface area (Å²) in [7, 11) is 0. The van der Waals surface area contributed by atoms with Crippen LogP contribution in [-0.4, -0.2) is 24.5 Å². The van der Waals surface area contributed by atoms with Gasteiger partial charge < -0.3 is 20.5 Å². The number of benzene rings is 2. The Morgan fingerprint density at radius 3 is 2.17 bits per heavy atom. The molecule has 2 amide bonds. The number of hydrogen-bond acceptors (Lipinski definition) is 4. The molecule has 24 heavy (non-hydrogen) atoms. The Labute approximate surface area is 140 Å². The molecule has 0 fully saturated rings. The minimum absolute atomic E-state index is 0.296. The Morgan fingerprint density at radius 1 is 1.04 bits per heavy atom. The number of anilines is 1. The van der Waals surface area contributed by atoms with Crippen LogP contribution in [0.3, 0.4) is 0 Å². The molecule has 0 spiro atoms. The largest absolute Gasteiger partial charge is 0.494 e. The third kappa shape index (κ3) is 4.74. The molecule has 2 rings (SSSR count). The quantitative estimate of drug-likeness (QED) is 0.817. The van der Waals surface area contributed by atoms with Crippen molar-refractivity contribution in [1.29, 1.82) is 0 Å². The van der Waals surface area contributed by atoms with Crippen molar-refractivity contribution in [3.8, 4) is 11.5 Å². The van der Waals surface area contributed by atoms with E-state index in [1.54, 1.807) is 55.5 Å². The van der Waals surface area contributed by atoms with Crippen molar-refractivity contribution in [2.24, 2.45) is 5.73 Å². The van der Waals surface area contributed by atoms with Gasteiger partial charge in [0.2, 0.25) is 5.91 Å². The van der Waals surface area contributed by atoms with Crippen LogP contribution in [0.4, 0.5) is 5.69 Å². The molecule has 0 saturated carbocycles. The zero-order chi connectivity index (χ0) is 17.5. The first-order valence-corrected chi connectivity index (χ1v) is 7.60. The van der Waals surface area contributed by atoms with Crippen LogP contribution >= 0.6 is 0 Å². The van der Waals surface area contributed by atoms with Crippen LogP contribution in [0.5, 0.6) is 11.5 Å². The van der Waals surface area contributed by atoms with Crippen LogP contribution in [0.2, 0.25) is 0 Å². The lowest BCUT2D eigenvalue weighted by Crippen LogP contribution is -2.30. The lowest BCUT2D eigenvalue weighted by Gasteiger charge is -2.15. The van der Waals surface area contributed by atoms with Gasteiger partial charge >= 0.3 is 0 Å². The van der Waals surface area contributed by atoms with E-state index in [4.69, 9.17) is 15.2 Å². The molecule has 0 radical (unpaired) electrons. The zero-order valence-corrected chi connectivity index (χ0v) is 13.6. The van der Waals surface area contributed by atoms with Crippen molar-refractivity contribution >= 4 is 17.5 Å². The average molecular weight is 328 g/mol. The predicted molar refractivity (Wildman–Crippen MR) is 91.3 cm³/mol. The number of rotatable bonds is 7. The fourth-order valence-corrected chi connectivity index (χ4v) is 2.00. The number of ether oxygens (including phenoxy) is 2. The van der Waals surface area contributed by atoms with Crippen molar-refractivity contribution in [2.75, 3.05) is 11.9 Å². The van der Waals surface area contributed by atoms with Crippen molar-refractivity contribution in [3.05, 3.63) is 54.1 Å². The van der Waals surface area contributed by atoms with Crippen LogP contribution < -0.4 is 20.5 Å². The van der Waals surface area contributed by atoms with E-state index >= 15 is 0 Å². The van der Waals surface area contributed by atoms with Crippen molar-refractivity contribution in [2.45, 2.75) is 20.0 Å². The van der Waals surface area contributed by atoms with Crippen LogP contribution in [0, 0.1) is 0 Å². The van der Waals surface area contributed by atoms with Crippen LogP contribution in [0.15, 0.2) is 48.5 Å². The number of primary amides is 1. The molecule has 6 heteroatoms. The lowest BCUT2D eigenvalue weighted by molar-refractivity contribution is -0.122. The molecule has 1 unspecified atom stereocenters. The number of carbonyl (C=O) groups excluding carboxylic acids is 2. The number of nitrogens with two attached hydrogens (primary N) is 1. The van der Waals surface area contributed by atoms with Crippen molar-refractivity contribution in [1.82, 2.24) is 0 Å². The number of amides is 2. The highest BCUT2D eigenvalue weighted by Gasteiger charge is 2.15. The standard InChI is InChI=1S/C18H20N2O4/c1-3-23-15-8-10-16(11-9-15)24-12(2)18(22)20-14-6-4-13(5-7-14)17(19)21/h4-12H,3H2,1-2H3,(H2,19,21)(H,20,22). The predicted octanol–water partition coefficient (Wildman–Crippen LogP) is 2.59. The molecule has 0 aliphatic rings. The van der Waals surface area contributed by atoms with Gasteiger partial charge in [0.15, 0.2) is 6.10 Å². The fraction of sp³-hybridized carbons (Fsp3) is 0.222. The van der Waals surface area contributed by atoms with Gasteiger partial charge in [0.25, 0.3) is 5.91 Å². The Balaban J connectivity index is 1.92. The number of nitrogens with one attached hydrogen (secondary N) is 1. The van der Waals surface area contributed by atoms with Gasteiger partial charge in [-0.25, -0.2) is 0 Å². The van der Waals surface area contributed by atoms with Crippen LogP contribution in [0.25, 0.3) is 0 Å². The Morgan fingerprint density at radius 2 is 1.62 bits per heavy atom. The first kappa shape index (κ1) is 17.3. The third-order valence-corrected chi connectivity index (χ3v) is 3.25. The van der Waals surface area contributed by atoms with Crippen molar-refractivity contribution < 1.29 is 19.1 Å². The van der Waals surface area contributed by atoms with Gasteiger partial charge in [0.05, 0.1) is 6.61 Å². The summed E-state index contributed by atoms with van der Waals surface area (Å²) in [5.41, 5.74) is 6.12. The maximum Gasteiger partial charge on any atom is 0.265 e. The Hall–Kier alpha value is -3.02. The molecule has 3 N–H and O–H groups in total. The molecule has 126 valence electrons. The van der Waals surface area contributed by atoms with Gasteiger partial charge in [-0.15, -0.1) is 0 Å². The fourth-order valence-electron chi connectivity index (χ4n) is 2.00. The van der Waals surface area contributed by atoms with Gasteiger partial charge in [-0.1, -0.05) is 0 Å². The first-order chi connectivity index (χ1) is 11.5. The summed E-state index contributed by atoms with van der Waals surface area (Å²) in [6.07, 6.45) is -0.682. The highest BCUT2D eigenvalue weighted by Crippen LogP contribution is 2.19. The molecule has 0 saturated heterocycles. The van der Waals surface area contributed by atoms with Crippen LogP contribution in [-0.2, 0) is 4.79 Å². The van der Waals surface area contributed by atoms with Crippen molar-refractivity contribution in [3.63, 3.8) is 0 Å². The van der Waals surface area contributed by atoms with Crippen LogP contribution in [0.1, 0.15) is 24.2 Å². The minimum Gasteiger partial charge on any atom is -0.494 e. The molecular formula is C18H20N2O4. The topological polar surface area (TPSA) is 90.7 Å². The van der Waals surface area contributed by atoms with Gasteiger partial charge in [-0.05, 0) is 62.4 Å². The Bertz CT molecular complexity index is 696. The van der Waals surface area contributed by atoms with Gasteiger partial charge in [-0.3, -0.25) is 9.59 Å². The molecule has 6 nitrogen and oxygen atoms in total. The summed E-state index contributed by atoms with van der Waals surface area (Å²) < 4.78 is 11.0. The van der Waals surface area contributed by atoms with E-state index in [9.17, 15) is 9.59 Å². The van der Waals surface area contributed by atoms with E-state index in [1.807, 2.05) is 6.92 Å². The third-order valence-electron chi connectivity index (χ3n) is 3.25. The summed E-state index contributed by atoms with van der Waals surface area (Å²) in [6, 6.07) is 13.4. The zero-order valence-electron chi connectivity index (χ0n) is 13.6. The van der Waals surface area contributed by atoms with E-state index in [1.165, 1.54) is 0 Å². The van der Waals surface area contributed by atoms with E-state index in [0.29, 0.717) is 23.6 Å².